The van der Waals surface area contributed by atoms with Crippen LogP contribution in [0.1, 0.15) is 12.6 Å². The third-order valence-electron chi connectivity index (χ3n) is 5.27. The van der Waals surface area contributed by atoms with Crippen LogP contribution in [0.2, 0.25) is 4.34 Å². The minimum absolute atomic E-state index is 0.0431. The number of alkyl halides is 1. The predicted octanol–water partition coefficient (Wildman–Crippen LogP) is 2.39. The lowest BCUT2D eigenvalue weighted by atomic mass is 10.0. The zero-order chi connectivity index (χ0) is 29.0. The lowest BCUT2D eigenvalue weighted by Gasteiger charge is -2.49. The number of aromatic nitrogens is 2. The molecular weight excluding hydrogens is 625 g/mol. The number of pyridine rings is 1. The molecule has 0 aromatic carbocycles. The number of rotatable bonds is 12. The average molecular weight is 648 g/mol. The fourth-order valence-electron chi connectivity index (χ4n) is 3.59. The van der Waals surface area contributed by atoms with Gasteiger partial charge in [0.2, 0.25) is 0 Å². The highest BCUT2D eigenvalue weighted by molar-refractivity contribution is 8.07. The highest BCUT2D eigenvalue weighted by Gasteiger charge is 2.54. The second kappa shape index (κ2) is 13.4. The topological polar surface area (TPSA) is 186 Å². The Hall–Kier alpha value is -2.57. The minimum Gasteiger partial charge on any atom is -0.477 e. The number of hydrogen-bond donors (Lipinski definition) is 4. The smallest absolute Gasteiger partial charge is 0.353 e. The van der Waals surface area contributed by atoms with Crippen molar-refractivity contribution in [3.05, 3.63) is 39.1 Å². The van der Waals surface area contributed by atoms with Crippen molar-refractivity contribution in [2.45, 2.75) is 34.2 Å². The van der Waals surface area contributed by atoms with Crippen LogP contribution in [-0.4, -0.2) is 85.7 Å². The number of thioether (sulfide) groups is 3. The summed E-state index contributed by atoms with van der Waals surface area (Å²) < 4.78 is 12.6. The number of fused-ring (bicyclic) bond motifs is 1. The molecule has 0 spiro atoms. The number of carbonyl (C=O) groups excluding carboxylic acids is 2. The van der Waals surface area contributed by atoms with Crippen molar-refractivity contribution in [1.29, 1.82) is 0 Å². The number of oxime groups is 1. The van der Waals surface area contributed by atoms with Crippen LogP contribution in [0.3, 0.4) is 0 Å². The zero-order valence-corrected chi connectivity index (χ0v) is 24.7. The molecule has 4 heterocycles. The first-order valence-corrected chi connectivity index (χ1v) is 15.6. The van der Waals surface area contributed by atoms with Crippen LogP contribution in [0.15, 0.2) is 44.0 Å². The molecule has 1 saturated heterocycles. The first-order valence-electron chi connectivity index (χ1n) is 11.5. The quantitative estimate of drug-likeness (QED) is 0.0868. The molecule has 2 aromatic rings. The number of aliphatic carboxylic acids is 1. The zero-order valence-electron chi connectivity index (χ0n) is 20.7. The van der Waals surface area contributed by atoms with Crippen molar-refractivity contribution < 1.29 is 28.7 Å². The third kappa shape index (κ3) is 6.66. The number of amides is 2. The number of nitrogen functional groups attached to an aromatic ring is 1. The third-order valence-corrected chi connectivity index (χ3v) is 10.4. The van der Waals surface area contributed by atoms with E-state index in [1.807, 2.05) is 6.92 Å². The molecule has 6 N–H and O–H groups in total. The van der Waals surface area contributed by atoms with E-state index >= 15 is 0 Å². The number of nitrogens with two attached hydrogens (primary N) is 2. The number of carboxylic acid groups (broad SMARTS) is 1. The van der Waals surface area contributed by atoms with Gasteiger partial charge in [-0.2, -0.15) is 0 Å². The van der Waals surface area contributed by atoms with Gasteiger partial charge < -0.3 is 26.7 Å². The van der Waals surface area contributed by atoms with Gasteiger partial charge in [0.15, 0.2) is 10.8 Å². The second-order valence-corrected chi connectivity index (χ2v) is 13.2. The Bertz CT molecular complexity index is 1370. The van der Waals surface area contributed by atoms with E-state index in [1.165, 1.54) is 35.3 Å². The maximum Gasteiger partial charge on any atom is 0.353 e. The number of nitrogens with zero attached hydrogens (tertiary/aromatic N) is 4. The maximum absolute atomic E-state index is 13.2. The van der Waals surface area contributed by atoms with E-state index in [4.69, 9.17) is 27.9 Å². The summed E-state index contributed by atoms with van der Waals surface area (Å²) in [6.45, 7) is 0.617. The Morgan fingerprint density at radius 3 is 2.88 bits per heavy atom. The summed E-state index contributed by atoms with van der Waals surface area (Å²) in [5, 5.41) is 15.6. The summed E-state index contributed by atoms with van der Waals surface area (Å²) in [7, 11) is 0. The Labute approximate surface area is 249 Å². The average Bonchev–Trinajstić information content (AvgIpc) is 3.25. The molecule has 2 aromatic heterocycles. The van der Waals surface area contributed by atoms with Gasteiger partial charge in [-0.05, 0) is 13.0 Å². The van der Waals surface area contributed by atoms with E-state index < -0.39 is 48.2 Å². The molecule has 40 heavy (non-hydrogen) atoms. The largest absolute Gasteiger partial charge is 0.477 e. The van der Waals surface area contributed by atoms with E-state index in [-0.39, 0.29) is 32.7 Å². The molecule has 2 aliphatic rings. The molecule has 0 saturated carbocycles. The van der Waals surface area contributed by atoms with Gasteiger partial charge in [0.1, 0.15) is 40.4 Å². The van der Waals surface area contributed by atoms with E-state index in [1.54, 1.807) is 18.5 Å². The van der Waals surface area contributed by atoms with Crippen LogP contribution in [0.25, 0.3) is 0 Å². The van der Waals surface area contributed by atoms with E-state index in [2.05, 4.69) is 20.4 Å². The summed E-state index contributed by atoms with van der Waals surface area (Å²) in [6, 6.07) is 0.677. The lowest BCUT2D eigenvalue weighted by Crippen LogP contribution is -2.71. The molecule has 3 atom stereocenters. The minimum atomic E-state index is -1.27. The number of nitrogens with one attached hydrogen (secondary N) is 1. The van der Waals surface area contributed by atoms with Crippen molar-refractivity contribution in [3.8, 4) is 0 Å². The van der Waals surface area contributed by atoms with Crippen molar-refractivity contribution >= 4 is 86.9 Å². The van der Waals surface area contributed by atoms with Gasteiger partial charge in [-0.15, -0.1) is 23.5 Å². The Morgan fingerprint density at radius 2 is 2.23 bits per heavy atom. The first-order chi connectivity index (χ1) is 19.1. The van der Waals surface area contributed by atoms with Crippen molar-refractivity contribution in [1.82, 2.24) is 20.2 Å². The first kappa shape index (κ1) is 30.4. The lowest BCUT2D eigenvalue weighted by molar-refractivity contribution is -0.150. The molecule has 2 aliphatic heterocycles. The number of hydrogen-bond acceptors (Lipinski definition) is 13. The number of halogens is 2. The Balaban J connectivity index is 1.54. The fraction of sp³-hybridized carbons (Fsp3) is 0.364. The Morgan fingerprint density at radius 1 is 1.45 bits per heavy atom. The molecule has 214 valence electrons. The summed E-state index contributed by atoms with van der Waals surface area (Å²) in [5.74, 6) is -1.82. The van der Waals surface area contributed by atoms with Crippen LogP contribution in [0.5, 0.6) is 0 Å². The SMILES string of the molecule is CC(N)CSc1cnccc1SC1=C(C(=O)O)N2C(=O)[C@@H](NC(=O)/C(=N\OCCF)c3nc(N)sc3Cl)[C@H]2SC1. The van der Waals surface area contributed by atoms with Crippen LogP contribution < -0.4 is 16.8 Å². The monoisotopic (exact) mass is 647 g/mol. The molecule has 12 nitrogen and oxygen atoms in total. The van der Waals surface area contributed by atoms with Gasteiger partial charge in [-0.1, -0.05) is 39.9 Å². The fourth-order valence-corrected chi connectivity index (χ4v) is 8.08. The van der Waals surface area contributed by atoms with Crippen molar-refractivity contribution in [2.75, 3.05) is 30.5 Å². The summed E-state index contributed by atoms with van der Waals surface area (Å²) >= 11 is 11.1. The van der Waals surface area contributed by atoms with Gasteiger partial charge >= 0.3 is 5.97 Å². The standard InChI is InChI=1S/C22H23ClFN7O5S4/c1-9(25)7-37-11-6-27-4-2-10(11)39-12-8-38-20-15(19(33)31(20)16(12)21(34)35)28-18(32)14(30-36-5-3-24)13-17(23)40-22(26)29-13/h2,4,6,9,15,20H,3,5,7-8,25H2,1H3,(H2,26,29)(H,28,32)(H,34,35)/b30-14-/t9?,15-,20-/m1/s1. The van der Waals surface area contributed by atoms with Gasteiger partial charge in [-0.3, -0.25) is 19.5 Å². The molecule has 2 amide bonds. The van der Waals surface area contributed by atoms with E-state index in [9.17, 15) is 23.9 Å². The van der Waals surface area contributed by atoms with E-state index in [0.29, 0.717) is 10.7 Å². The van der Waals surface area contributed by atoms with Crippen molar-refractivity contribution in [2.24, 2.45) is 10.9 Å². The van der Waals surface area contributed by atoms with Gasteiger partial charge in [0.05, 0.1) is 0 Å². The molecule has 0 aliphatic carbocycles. The molecule has 0 bridgehead atoms. The maximum atomic E-state index is 13.2. The summed E-state index contributed by atoms with van der Waals surface area (Å²) in [5.41, 5.74) is 10.9. The number of carbonyl (C=O) groups is 3. The van der Waals surface area contributed by atoms with Crippen LogP contribution in [0, 0.1) is 0 Å². The number of carboxylic acids is 1. The Kier molecular flexibility index (Phi) is 10.2. The number of β-lactam (4-membered cyclic amide) rings is 1. The van der Waals surface area contributed by atoms with Gasteiger partial charge in [0, 0.05) is 44.6 Å². The summed E-state index contributed by atoms with van der Waals surface area (Å²) in [6.07, 6.45) is 3.30. The molecule has 4 rings (SSSR count). The van der Waals surface area contributed by atoms with Crippen LogP contribution in [-0.2, 0) is 19.2 Å². The molecule has 1 unspecified atom stereocenters. The van der Waals surface area contributed by atoms with Crippen LogP contribution >= 0.6 is 58.2 Å². The molecule has 0 radical (unpaired) electrons. The number of thiazole rings is 1. The predicted molar refractivity (Wildman–Crippen MR) is 154 cm³/mol. The van der Waals surface area contributed by atoms with Crippen molar-refractivity contribution in [3.63, 3.8) is 0 Å². The highest BCUT2D eigenvalue weighted by Crippen LogP contribution is 2.46. The highest BCUT2D eigenvalue weighted by atomic mass is 35.5. The second-order valence-electron chi connectivity index (χ2n) is 8.29. The number of anilines is 1. The summed E-state index contributed by atoms with van der Waals surface area (Å²) in [4.78, 5) is 54.8. The van der Waals surface area contributed by atoms with Gasteiger partial charge in [0.25, 0.3) is 11.8 Å². The van der Waals surface area contributed by atoms with E-state index in [0.717, 1.165) is 26.0 Å². The molecule has 1 fully saturated rings. The normalized spacial score (nSPS) is 19.6. The van der Waals surface area contributed by atoms with Gasteiger partial charge in [-0.25, -0.2) is 14.2 Å². The molecule has 18 heteroatoms. The van der Waals surface area contributed by atoms with Crippen LogP contribution in [0.4, 0.5) is 9.52 Å². The molecular formula is C22H23ClFN7O5S4.